The molecule has 2 unspecified atom stereocenters. The number of rotatable bonds is 1. The summed E-state index contributed by atoms with van der Waals surface area (Å²) in [4.78, 5) is 33.1. The van der Waals surface area contributed by atoms with Gasteiger partial charge in [0.05, 0.1) is 12.1 Å². The van der Waals surface area contributed by atoms with E-state index in [9.17, 15) is 14.4 Å². The first kappa shape index (κ1) is 11.6. The van der Waals surface area contributed by atoms with E-state index in [1.54, 1.807) is 0 Å². The van der Waals surface area contributed by atoms with Gasteiger partial charge in [0.2, 0.25) is 11.8 Å². The van der Waals surface area contributed by atoms with Crippen molar-refractivity contribution >= 4 is 18.1 Å². The van der Waals surface area contributed by atoms with Gasteiger partial charge in [-0.05, 0) is 12.8 Å². The van der Waals surface area contributed by atoms with Gasteiger partial charge in [0.15, 0.2) is 0 Å². The van der Waals surface area contributed by atoms with Gasteiger partial charge in [-0.1, -0.05) is 0 Å². The lowest BCUT2D eigenvalue weighted by molar-refractivity contribution is -0.127. The highest BCUT2D eigenvalue weighted by Gasteiger charge is 2.20. The summed E-state index contributed by atoms with van der Waals surface area (Å²) in [5, 5.41) is 5.13. The van der Waals surface area contributed by atoms with Gasteiger partial charge >= 0.3 is 0 Å². The molecule has 15 heavy (non-hydrogen) atoms. The van der Waals surface area contributed by atoms with Gasteiger partial charge in [-0.15, -0.1) is 0 Å². The molecule has 4 N–H and O–H groups in total. The van der Waals surface area contributed by atoms with Crippen molar-refractivity contribution in [3.63, 3.8) is 0 Å². The predicted molar refractivity (Wildman–Crippen MR) is 52.8 cm³/mol. The molecular weight excluding hydrogens is 198 g/mol. The van der Waals surface area contributed by atoms with Crippen LogP contribution >= 0.6 is 0 Å². The molecule has 0 saturated carbocycles. The molecule has 0 spiro atoms. The topological polar surface area (TPSA) is 101 Å². The fourth-order valence-corrected chi connectivity index (χ4v) is 1.34. The van der Waals surface area contributed by atoms with E-state index in [0.717, 1.165) is 0 Å². The molecule has 6 heteroatoms. The van der Waals surface area contributed by atoms with Crippen LogP contribution in [0.1, 0.15) is 19.3 Å². The average Bonchev–Trinajstić information content (AvgIpc) is 2.22. The summed E-state index contributed by atoms with van der Waals surface area (Å²) in [7, 11) is 0. The highest BCUT2D eigenvalue weighted by molar-refractivity contribution is 5.85. The zero-order valence-corrected chi connectivity index (χ0v) is 8.36. The Labute approximate surface area is 87.6 Å². The summed E-state index contributed by atoms with van der Waals surface area (Å²) in [6.07, 6.45) is 1.55. The Morgan fingerprint density at radius 2 is 2.07 bits per heavy atom. The van der Waals surface area contributed by atoms with E-state index in [1.807, 2.05) is 0 Å². The molecule has 2 amide bonds. The van der Waals surface area contributed by atoms with Crippen LogP contribution in [0.3, 0.4) is 0 Å². The number of nitrogens with two attached hydrogens (primary N) is 1. The van der Waals surface area contributed by atoms with Gasteiger partial charge in [0.1, 0.15) is 6.29 Å². The van der Waals surface area contributed by atoms with E-state index in [-0.39, 0.29) is 18.2 Å². The Bertz CT molecular complexity index is 267. The third kappa shape index (κ3) is 3.67. The van der Waals surface area contributed by atoms with Crippen LogP contribution in [0.4, 0.5) is 0 Å². The molecule has 0 radical (unpaired) electrons. The maximum atomic E-state index is 11.4. The Balaban J connectivity index is 2.61. The van der Waals surface area contributed by atoms with Crippen LogP contribution in [-0.2, 0) is 14.4 Å². The molecule has 0 aromatic heterocycles. The summed E-state index contributed by atoms with van der Waals surface area (Å²) in [6.45, 7) is 0.388. The maximum absolute atomic E-state index is 11.4. The minimum atomic E-state index is -0.675. The number of nitrogens with one attached hydrogen (secondary N) is 2. The van der Waals surface area contributed by atoms with E-state index >= 15 is 0 Å². The van der Waals surface area contributed by atoms with E-state index < -0.39 is 12.1 Å². The van der Waals surface area contributed by atoms with Crippen molar-refractivity contribution in [3.05, 3.63) is 0 Å². The van der Waals surface area contributed by atoms with E-state index in [2.05, 4.69) is 10.6 Å². The molecular formula is C9H15N3O3. The second-order valence-corrected chi connectivity index (χ2v) is 3.53. The highest BCUT2D eigenvalue weighted by atomic mass is 16.2. The molecule has 2 atom stereocenters. The van der Waals surface area contributed by atoms with Gasteiger partial charge in [0, 0.05) is 13.0 Å². The van der Waals surface area contributed by atoms with E-state index in [1.165, 1.54) is 0 Å². The summed E-state index contributed by atoms with van der Waals surface area (Å²) >= 11 is 0. The van der Waals surface area contributed by atoms with Crippen molar-refractivity contribution in [2.45, 2.75) is 31.3 Å². The molecule has 0 bridgehead atoms. The number of aldehydes is 1. The third-order valence-corrected chi connectivity index (χ3v) is 2.29. The molecule has 6 nitrogen and oxygen atoms in total. The molecule has 0 aromatic carbocycles. The molecule has 1 aliphatic rings. The van der Waals surface area contributed by atoms with Crippen molar-refractivity contribution in [3.8, 4) is 0 Å². The number of hydrogen-bond donors (Lipinski definition) is 3. The number of hydrogen-bond acceptors (Lipinski definition) is 4. The molecule has 1 rings (SSSR count). The molecule has 1 aliphatic heterocycles. The van der Waals surface area contributed by atoms with Gasteiger partial charge in [-0.25, -0.2) is 0 Å². The van der Waals surface area contributed by atoms with Crippen molar-refractivity contribution in [2.24, 2.45) is 5.73 Å². The minimum absolute atomic E-state index is 0.120. The predicted octanol–water partition coefficient (Wildman–Crippen LogP) is -1.70. The highest BCUT2D eigenvalue weighted by Crippen LogP contribution is 1.99. The molecule has 84 valence electrons. The summed E-state index contributed by atoms with van der Waals surface area (Å²) in [5.41, 5.74) is 5.55. The molecule has 1 saturated heterocycles. The largest absolute Gasteiger partial charge is 0.356 e. The standard InChI is InChI=1S/C9H15N3O3/c10-7-3-4-11-8(14)2-1-6(5-13)12-9(7)15/h5-7H,1-4,10H2,(H,11,14)(H,12,15). The Morgan fingerprint density at radius 1 is 1.33 bits per heavy atom. The second-order valence-electron chi connectivity index (χ2n) is 3.53. The Hall–Kier alpha value is -1.43. The summed E-state index contributed by atoms with van der Waals surface area (Å²) in [6, 6.07) is -1.29. The van der Waals surface area contributed by atoms with Crippen LogP contribution in [0.15, 0.2) is 0 Å². The zero-order valence-electron chi connectivity index (χ0n) is 8.36. The smallest absolute Gasteiger partial charge is 0.237 e. The van der Waals surface area contributed by atoms with Crippen LogP contribution in [-0.4, -0.2) is 36.7 Å². The van der Waals surface area contributed by atoms with Gasteiger partial charge in [-0.2, -0.15) is 0 Å². The average molecular weight is 213 g/mol. The number of amides is 2. The fraction of sp³-hybridized carbons (Fsp3) is 0.667. The van der Waals surface area contributed by atoms with Crippen LogP contribution in [0.2, 0.25) is 0 Å². The van der Waals surface area contributed by atoms with Crippen LogP contribution < -0.4 is 16.4 Å². The van der Waals surface area contributed by atoms with Crippen LogP contribution in [0.25, 0.3) is 0 Å². The molecule has 0 aromatic rings. The lowest BCUT2D eigenvalue weighted by Crippen LogP contribution is -2.48. The van der Waals surface area contributed by atoms with Crippen molar-refractivity contribution in [2.75, 3.05) is 6.54 Å². The Morgan fingerprint density at radius 3 is 2.73 bits per heavy atom. The minimum Gasteiger partial charge on any atom is -0.356 e. The molecule has 1 fully saturated rings. The molecule has 1 heterocycles. The molecule has 0 aliphatic carbocycles. The number of carbonyl (C=O) groups is 3. The van der Waals surface area contributed by atoms with Crippen molar-refractivity contribution in [1.29, 1.82) is 0 Å². The lowest BCUT2D eigenvalue weighted by atomic mass is 10.1. The second kappa shape index (κ2) is 5.45. The van der Waals surface area contributed by atoms with Gasteiger partial charge < -0.3 is 21.2 Å². The maximum Gasteiger partial charge on any atom is 0.237 e. The normalized spacial score (nSPS) is 28.9. The first-order chi connectivity index (χ1) is 7.13. The van der Waals surface area contributed by atoms with E-state index in [4.69, 9.17) is 5.73 Å². The quantitative estimate of drug-likeness (QED) is 0.452. The summed E-state index contributed by atoms with van der Waals surface area (Å²) in [5.74, 6) is -0.464. The van der Waals surface area contributed by atoms with Crippen LogP contribution in [0, 0.1) is 0 Å². The number of carbonyl (C=O) groups excluding carboxylic acids is 3. The van der Waals surface area contributed by atoms with Gasteiger partial charge in [0.25, 0.3) is 0 Å². The van der Waals surface area contributed by atoms with Crippen molar-refractivity contribution < 1.29 is 14.4 Å². The monoisotopic (exact) mass is 213 g/mol. The first-order valence-electron chi connectivity index (χ1n) is 4.91. The SMILES string of the molecule is NC1CCNC(=O)CCC(C=O)NC1=O. The fourth-order valence-electron chi connectivity index (χ4n) is 1.34. The Kier molecular flexibility index (Phi) is 4.23. The van der Waals surface area contributed by atoms with Gasteiger partial charge in [-0.3, -0.25) is 9.59 Å². The summed E-state index contributed by atoms with van der Waals surface area (Å²) < 4.78 is 0. The zero-order chi connectivity index (χ0) is 11.3. The lowest BCUT2D eigenvalue weighted by Gasteiger charge is -2.18. The first-order valence-corrected chi connectivity index (χ1v) is 4.91. The van der Waals surface area contributed by atoms with E-state index in [0.29, 0.717) is 25.7 Å². The van der Waals surface area contributed by atoms with Crippen molar-refractivity contribution in [1.82, 2.24) is 10.6 Å². The van der Waals surface area contributed by atoms with Crippen LogP contribution in [0.5, 0.6) is 0 Å². The third-order valence-electron chi connectivity index (χ3n) is 2.29.